The van der Waals surface area contributed by atoms with Gasteiger partial charge in [0.25, 0.3) is 0 Å². The van der Waals surface area contributed by atoms with Crippen LogP contribution in [0.4, 0.5) is 30.6 Å². The zero-order chi connectivity index (χ0) is 19.5. The van der Waals surface area contributed by atoms with Gasteiger partial charge in [0.15, 0.2) is 23.3 Å². The first-order valence-electron chi connectivity index (χ1n) is 8.51. The Morgan fingerprint density at radius 3 is 2.75 bits per heavy atom. The molecular weight excluding hydrogens is 369 g/mol. The number of nitrogens with zero attached hydrogens (tertiary/aromatic N) is 3. The molecule has 0 atom stereocenters. The number of hydrogen-bond donors (Lipinski definition) is 3. The molecule has 0 radical (unpaired) electrons. The Morgan fingerprint density at radius 1 is 1.00 bits per heavy atom. The average Bonchev–Trinajstić information content (AvgIpc) is 3.12. The lowest BCUT2D eigenvalue weighted by Crippen LogP contribution is -2.10. The van der Waals surface area contributed by atoms with Crippen LogP contribution in [-0.2, 0) is 6.42 Å². The molecule has 0 amide bonds. The van der Waals surface area contributed by atoms with Gasteiger partial charge in [-0.1, -0.05) is 18.2 Å². The molecule has 142 valence electrons. The van der Waals surface area contributed by atoms with Crippen LogP contribution in [0.15, 0.2) is 48.8 Å². The summed E-state index contributed by atoms with van der Waals surface area (Å²) in [6.07, 6.45) is 3.93. The summed E-state index contributed by atoms with van der Waals surface area (Å²) in [4.78, 5) is 7.37. The number of anilines is 3. The van der Waals surface area contributed by atoms with Crippen LogP contribution in [0.1, 0.15) is 5.56 Å². The fourth-order valence-corrected chi connectivity index (χ4v) is 2.85. The highest BCUT2D eigenvalue weighted by Gasteiger charge is 2.14. The van der Waals surface area contributed by atoms with Crippen LogP contribution in [0, 0.1) is 17.5 Å². The molecule has 0 bridgehead atoms. The first-order chi connectivity index (χ1) is 13.6. The minimum atomic E-state index is -1.55. The van der Waals surface area contributed by atoms with Gasteiger partial charge in [-0.2, -0.15) is 10.1 Å². The fourth-order valence-electron chi connectivity index (χ4n) is 2.85. The van der Waals surface area contributed by atoms with E-state index in [-0.39, 0.29) is 17.5 Å². The number of rotatable bonds is 6. The Balaban J connectivity index is 1.42. The van der Waals surface area contributed by atoms with Crippen molar-refractivity contribution in [1.29, 1.82) is 0 Å². The van der Waals surface area contributed by atoms with Gasteiger partial charge in [0, 0.05) is 23.6 Å². The SMILES string of the molecule is Fc1ccc(Nc2cnnc(NCCc3c[nH]c4ccccc34)n2)c(F)c1F. The van der Waals surface area contributed by atoms with Gasteiger partial charge in [0.1, 0.15) is 0 Å². The van der Waals surface area contributed by atoms with Crippen LogP contribution in [0.2, 0.25) is 0 Å². The molecule has 9 heteroatoms. The van der Waals surface area contributed by atoms with E-state index in [1.54, 1.807) is 0 Å². The molecule has 4 rings (SSSR count). The maximum Gasteiger partial charge on any atom is 0.244 e. The Hall–Kier alpha value is -3.62. The molecule has 0 fully saturated rings. The summed E-state index contributed by atoms with van der Waals surface area (Å²) < 4.78 is 40.1. The van der Waals surface area contributed by atoms with Crippen molar-refractivity contribution in [2.45, 2.75) is 6.42 Å². The normalized spacial score (nSPS) is 11.0. The summed E-state index contributed by atoms with van der Waals surface area (Å²) in [7, 11) is 0. The molecule has 0 aliphatic rings. The molecule has 0 aliphatic carbocycles. The summed E-state index contributed by atoms with van der Waals surface area (Å²) in [5.74, 6) is -3.76. The quantitative estimate of drug-likeness (QED) is 0.435. The van der Waals surface area contributed by atoms with Gasteiger partial charge in [-0.25, -0.2) is 13.2 Å². The van der Waals surface area contributed by atoms with E-state index in [4.69, 9.17) is 0 Å². The third kappa shape index (κ3) is 3.59. The first-order valence-corrected chi connectivity index (χ1v) is 8.51. The molecule has 2 aromatic carbocycles. The molecule has 0 unspecified atom stereocenters. The Morgan fingerprint density at radius 2 is 1.86 bits per heavy atom. The van der Waals surface area contributed by atoms with Gasteiger partial charge in [0.2, 0.25) is 5.95 Å². The second-order valence-corrected chi connectivity index (χ2v) is 6.05. The first kappa shape index (κ1) is 17.8. The molecule has 3 N–H and O–H groups in total. The van der Waals surface area contributed by atoms with Gasteiger partial charge < -0.3 is 15.6 Å². The van der Waals surface area contributed by atoms with Crippen molar-refractivity contribution >= 4 is 28.4 Å². The summed E-state index contributed by atoms with van der Waals surface area (Å²) in [6.45, 7) is 0.548. The highest BCUT2D eigenvalue weighted by atomic mass is 19.2. The highest BCUT2D eigenvalue weighted by molar-refractivity contribution is 5.83. The number of hydrogen-bond acceptors (Lipinski definition) is 5. The van der Waals surface area contributed by atoms with Crippen molar-refractivity contribution < 1.29 is 13.2 Å². The van der Waals surface area contributed by atoms with Gasteiger partial charge in [-0.15, -0.1) is 5.10 Å². The average molecular weight is 384 g/mol. The van der Waals surface area contributed by atoms with E-state index < -0.39 is 17.5 Å². The van der Waals surface area contributed by atoms with Crippen LogP contribution in [0.25, 0.3) is 10.9 Å². The van der Waals surface area contributed by atoms with Crippen LogP contribution in [-0.4, -0.2) is 26.7 Å². The predicted molar refractivity (Wildman–Crippen MR) is 99.9 cm³/mol. The molecule has 2 heterocycles. The summed E-state index contributed by atoms with van der Waals surface area (Å²) in [5.41, 5.74) is 1.97. The fraction of sp³-hybridized carbons (Fsp3) is 0.105. The standard InChI is InChI=1S/C19H15F3N6/c20-13-5-6-15(18(22)17(13)21)26-16-10-25-28-19(27-16)23-8-7-11-9-24-14-4-2-1-3-12(11)14/h1-6,9-10,24H,7-8H2,(H2,23,26,27,28). The predicted octanol–water partition coefficient (Wildman–Crippen LogP) is 4.17. The van der Waals surface area contributed by atoms with Gasteiger partial charge in [-0.05, 0) is 30.2 Å². The second-order valence-electron chi connectivity index (χ2n) is 6.05. The van der Waals surface area contributed by atoms with Crippen LogP contribution in [0.3, 0.4) is 0 Å². The minimum absolute atomic E-state index is 0.148. The molecule has 0 saturated heterocycles. The molecule has 0 saturated carbocycles. The molecule has 28 heavy (non-hydrogen) atoms. The minimum Gasteiger partial charge on any atom is -0.361 e. The number of nitrogens with one attached hydrogen (secondary N) is 3. The van der Waals surface area contributed by atoms with Crippen molar-refractivity contribution in [3.63, 3.8) is 0 Å². The third-order valence-corrected chi connectivity index (χ3v) is 4.21. The number of aromatic nitrogens is 4. The number of halogens is 3. The van der Waals surface area contributed by atoms with Crippen molar-refractivity contribution in [1.82, 2.24) is 20.2 Å². The Labute approximate surface area is 157 Å². The highest BCUT2D eigenvalue weighted by Crippen LogP contribution is 2.23. The Kier molecular flexibility index (Phi) is 4.79. The molecule has 4 aromatic rings. The van der Waals surface area contributed by atoms with Crippen LogP contribution < -0.4 is 10.6 Å². The van der Waals surface area contributed by atoms with Crippen molar-refractivity contribution in [3.05, 3.63) is 71.8 Å². The maximum absolute atomic E-state index is 13.8. The third-order valence-electron chi connectivity index (χ3n) is 4.21. The molecule has 0 spiro atoms. The summed E-state index contributed by atoms with van der Waals surface area (Å²) in [6, 6.07) is 9.91. The van der Waals surface area contributed by atoms with E-state index in [1.807, 2.05) is 30.5 Å². The van der Waals surface area contributed by atoms with E-state index in [0.29, 0.717) is 6.54 Å². The van der Waals surface area contributed by atoms with Crippen molar-refractivity contribution in [3.8, 4) is 0 Å². The monoisotopic (exact) mass is 384 g/mol. The van der Waals surface area contributed by atoms with E-state index >= 15 is 0 Å². The molecule has 6 nitrogen and oxygen atoms in total. The lowest BCUT2D eigenvalue weighted by Gasteiger charge is -2.09. The van der Waals surface area contributed by atoms with E-state index in [2.05, 4.69) is 30.8 Å². The van der Waals surface area contributed by atoms with E-state index in [0.717, 1.165) is 35.0 Å². The maximum atomic E-state index is 13.8. The second kappa shape index (κ2) is 7.55. The summed E-state index contributed by atoms with van der Waals surface area (Å²) in [5, 5.41) is 14.4. The summed E-state index contributed by atoms with van der Waals surface area (Å²) >= 11 is 0. The molecule has 0 aliphatic heterocycles. The Bertz CT molecular complexity index is 1130. The van der Waals surface area contributed by atoms with E-state index in [9.17, 15) is 13.2 Å². The lowest BCUT2D eigenvalue weighted by molar-refractivity contribution is 0.449. The number of aromatic amines is 1. The van der Waals surface area contributed by atoms with E-state index in [1.165, 1.54) is 6.20 Å². The van der Waals surface area contributed by atoms with Crippen molar-refractivity contribution in [2.75, 3.05) is 17.2 Å². The molecule has 2 aromatic heterocycles. The smallest absolute Gasteiger partial charge is 0.244 e. The van der Waals surface area contributed by atoms with Crippen LogP contribution in [0.5, 0.6) is 0 Å². The van der Waals surface area contributed by atoms with Crippen molar-refractivity contribution in [2.24, 2.45) is 0 Å². The van der Waals surface area contributed by atoms with Crippen LogP contribution >= 0.6 is 0 Å². The topological polar surface area (TPSA) is 78.5 Å². The largest absolute Gasteiger partial charge is 0.361 e. The lowest BCUT2D eigenvalue weighted by atomic mass is 10.1. The van der Waals surface area contributed by atoms with Gasteiger partial charge in [-0.3, -0.25) is 0 Å². The number of para-hydroxylation sites is 1. The van der Waals surface area contributed by atoms with Gasteiger partial charge >= 0.3 is 0 Å². The number of benzene rings is 2. The zero-order valence-electron chi connectivity index (χ0n) is 14.5. The number of fused-ring (bicyclic) bond motifs is 1. The van der Waals surface area contributed by atoms with Gasteiger partial charge in [0.05, 0.1) is 11.9 Å². The number of H-pyrrole nitrogens is 1. The zero-order valence-corrected chi connectivity index (χ0v) is 14.5. The molecular formula is C19H15F3N6.